The van der Waals surface area contributed by atoms with Gasteiger partial charge in [0.2, 0.25) is 0 Å². The van der Waals surface area contributed by atoms with Crippen LogP contribution in [0.4, 0.5) is 0 Å². The van der Waals surface area contributed by atoms with Gasteiger partial charge in [0.1, 0.15) is 0 Å². The monoisotopic (exact) mass is 203 g/mol. The third-order valence-electron chi connectivity index (χ3n) is 3.16. The van der Waals surface area contributed by atoms with Crippen LogP contribution in [0.25, 0.3) is 0 Å². The summed E-state index contributed by atoms with van der Waals surface area (Å²) in [6.45, 7) is 3.53. The normalized spacial score (nSPS) is 17.7. The Morgan fingerprint density at radius 3 is 2.67 bits per heavy atom. The lowest BCUT2D eigenvalue weighted by atomic mass is 10.1. The molecule has 1 fully saturated rings. The van der Waals surface area contributed by atoms with E-state index in [4.69, 9.17) is 0 Å². The van der Waals surface area contributed by atoms with Crippen LogP contribution in [0.1, 0.15) is 31.7 Å². The van der Waals surface area contributed by atoms with Crippen LogP contribution in [0.5, 0.6) is 0 Å². The molecule has 1 nitrogen and oxygen atoms in total. The Bertz CT molecular complexity index is 277. The minimum Gasteiger partial charge on any atom is -0.314 e. The second kappa shape index (κ2) is 5.32. The van der Waals surface area contributed by atoms with Gasteiger partial charge in [-0.15, -0.1) is 0 Å². The Balaban J connectivity index is 1.63. The summed E-state index contributed by atoms with van der Waals surface area (Å²) >= 11 is 0. The van der Waals surface area contributed by atoms with E-state index in [1.165, 1.54) is 37.8 Å². The summed E-state index contributed by atoms with van der Waals surface area (Å²) in [7, 11) is 0. The highest BCUT2D eigenvalue weighted by Gasteiger charge is 2.21. The van der Waals surface area contributed by atoms with Gasteiger partial charge in [0.05, 0.1) is 0 Å². The van der Waals surface area contributed by atoms with Crippen molar-refractivity contribution < 1.29 is 0 Å². The number of hydrogen-bond acceptors (Lipinski definition) is 1. The molecule has 1 aromatic rings. The number of nitrogens with one attached hydrogen (secondary N) is 1. The molecule has 0 saturated heterocycles. The molecule has 1 heteroatoms. The maximum absolute atomic E-state index is 3.61. The van der Waals surface area contributed by atoms with E-state index >= 15 is 0 Å². The number of hydrogen-bond donors (Lipinski definition) is 1. The predicted molar refractivity (Wildman–Crippen MR) is 65.0 cm³/mol. The van der Waals surface area contributed by atoms with Crippen LogP contribution >= 0.6 is 0 Å². The Morgan fingerprint density at radius 2 is 2.00 bits per heavy atom. The summed E-state index contributed by atoms with van der Waals surface area (Å²) in [6.07, 6.45) is 5.33. The highest BCUT2D eigenvalue weighted by Crippen LogP contribution is 2.27. The summed E-state index contributed by atoms with van der Waals surface area (Å²) in [5.41, 5.74) is 1.46. The lowest BCUT2D eigenvalue weighted by Crippen LogP contribution is -2.28. The van der Waals surface area contributed by atoms with Gasteiger partial charge >= 0.3 is 0 Å². The van der Waals surface area contributed by atoms with Crippen molar-refractivity contribution in [1.29, 1.82) is 0 Å². The van der Waals surface area contributed by atoms with Gasteiger partial charge in [0.15, 0.2) is 0 Å². The van der Waals surface area contributed by atoms with E-state index in [0.29, 0.717) is 6.04 Å². The van der Waals surface area contributed by atoms with Crippen molar-refractivity contribution in [1.82, 2.24) is 5.32 Å². The van der Waals surface area contributed by atoms with E-state index in [0.717, 1.165) is 5.92 Å². The molecule has 0 radical (unpaired) electrons. The second-order valence-corrected chi connectivity index (χ2v) is 4.78. The molecule has 1 atom stereocenters. The summed E-state index contributed by atoms with van der Waals surface area (Å²) in [4.78, 5) is 0. The van der Waals surface area contributed by atoms with E-state index in [1.54, 1.807) is 0 Å². The van der Waals surface area contributed by atoms with Crippen LogP contribution in [0.3, 0.4) is 0 Å². The molecule has 0 amide bonds. The largest absolute Gasteiger partial charge is 0.314 e. The summed E-state index contributed by atoms with van der Waals surface area (Å²) in [5.74, 6) is 0.990. The smallest absolute Gasteiger partial charge is 0.00420 e. The molecule has 0 aliphatic heterocycles. The van der Waals surface area contributed by atoms with Gasteiger partial charge in [0.25, 0.3) is 0 Å². The van der Waals surface area contributed by atoms with Crippen LogP contribution in [0, 0.1) is 5.92 Å². The molecule has 1 saturated carbocycles. The summed E-state index contributed by atoms with van der Waals surface area (Å²) < 4.78 is 0. The van der Waals surface area contributed by atoms with Crippen molar-refractivity contribution in [3.63, 3.8) is 0 Å². The average molecular weight is 203 g/mol. The Labute approximate surface area is 92.9 Å². The highest BCUT2D eigenvalue weighted by atomic mass is 14.9. The number of aryl methyl sites for hydroxylation is 1. The van der Waals surface area contributed by atoms with Crippen molar-refractivity contribution >= 4 is 0 Å². The van der Waals surface area contributed by atoms with Crippen LogP contribution in [-0.4, -0.2) is 12.6 Å². The van der Waals surface area contributed by atoms with E-state index < -0.39 is 0 Å². The fourth-order valence-electron chi connectivity index (χ4n) is 1.82. The first kappa shape index (κ1) is 10.7. The SMILES string of the molecule is C[C@H](CCc1ccccc1)NCC1CC1. The van der Waals surface area contributed by atoms with Crippen LogP contribution < -0.4 is 5.32 Å². The fourth-order valence-corrected chi connectivity index (χ4v) is 1.82. The van der Waals surface area contributed by atoms with Crippen LogP contribution in [-0.2, 0) is 6.42 Å². The van der Waals surface area contributed by atoms with Crippen LogP contribution in [0.2, 0.25) is 0 Å². The van der Waals surface area contributed by atoms with Crippen molar-refractivity contribution in [3.8, 4) is 0 Å². The molecule has 0 heterocycles. The molecule has 1 aliphatic rings. The zero-order valence-electron chi connectivity index (χ0n) is 9.58. The quantitative estimate of drug-likeness (QED) is 0.749. The van der Waals surface area contributed by atoms with Gasteiger partial charge in [0, 0.05) is 6.04 Å². The minimum atomic E-state index is 0.658. The minimum absolute atomic E-state index is 0.658. The topological polar surface area (TPSA) is 12.0 Å². The van der Waals surface area contributed by atoms with E-state index in [1.807, 2.05) is 0 Å². The zero-order chi connectivity index (χ0) is 10.5. The van der Waals surface area contributed by atoms with Gasteiger partial charge in [-0.3, -0.25) is 0 Å². The van der Waals surface area contributed by atoms with Crippen LogP contribution in [0.15, 0.2) is 30.3 Å². The molecule has 0 unspecified atom stereocenters. The van der Waals surface area contributed by atoms with Crippen molar-refractivity contribution in [3.05, 3.63) is 35.9 Å². The molecular formula is C14H21N. The number of rotatable bonds is 6. The van der Waals surface area contributed by atoms with Gasteiger partial charge < -0.3 is 5.32 Å². The van der Waals surface area contributed by atoms with E-state index in [9.17, 15) is 0 Å². The van der Waals surface area contributed by atoms with Gasteiger partial charge in [-0.1, -0.05) is 30.3 Å². The molecule has 1 aromatic carbocycles. The lowest BCUT2D eigenvalue weighted by molar-refractivity contribution is 0.499. The van der Waals surface area contributed by atoms with Crippen molar-refractivity contribution in [2.24, 2.45) is 5.92 Å². The zero-order valence-corrected chi connectivity index (χ0v) is 9.58. The van der Waals surface area contributed by atoms with Crippen molar-refractivity contribution in [2.45, 2.75) is 38.6 Å². The Kier molecular flexibility index (Phi) is 3.79. The van der Waals surface area contributed by atoms with E-state index in [-0.39, 0.29) is 0 Å². The standard InChI is InChI=1S/C14H21N/c1-12(15-11-14-9-10-14)7-8-13-5-3-2-4-6-13/h2-6,12,14-15H,7-11H2,1H3/t12-/m1/s1. The average Bonchev–Trinajstić information content (AvgIpc) is 3.09. The van der Waals surface area contributed by atoms with Crippen molar-refractivity contribution in [2.75, 3.05) is 6.54 Å². The molecule has 0 aromatic heterocycles. The summed E-state index contributed by atoms with van der Waals surface area (Å²) in [5, 5.41) is 3.61. The molecule has 0 spiro atoms. The molecule has 1 N–H and O–H groups in total. The molecule has 2 rings (SSSR count). The maximum atomic E-state index is 3.61. The molecule has 0 bridgehead atoms. The van der Waals surface area contributed by atoms with Gasteiger partial charge in [-0.2, -0.15) is 0 Å². The first-order valence-corrected chi connectivity index (χ1v) is 6.12. The maximum Gasteiger partial charge on any atom is 0.00420 e. The second-order valence-electron chi connectivity index (χ2n) is 4.78. The van der Waals surface area contributed by atoms with Gasteiger partial charge in [-0.25, -0.2) is 0 Å². The first-order chi connectivity index (χ1) is 7.34. The predicted octanol–water partition coefficient (Wildman–Crippen LogP) is 3.01. The molecule has 15 heavy (non-hydrogen) atoms. The van der Waals surface area contributed by atoms with Gasteiger partial charge in [-0.05, 0) is 50.6 Å². The Hall–Kier alpha value is -0.820. The molecular weight excluding hydrogens is 182 g/mol. The van der Waals surface area contributed by atoms with E-state index in [2.05, 4.69) is 42.6 Å². The fraction of sp³-hybridized carbons (Fsp3) is 0.571. The first-order valence-electron chi connectivity index (χ1n) is 6.12. The third-order valence-corrected chi connectivity index (χ3v) is 3.16. The molecule has 82 valence electrons. The third kappa shape index (κ3) is 4.05. The Morgan fingerprint density at radius 1 is 1.27 bits per heavy atom. The number of benzene rings is 1. The summed E-state index contributed by atoms with van der Waals surface area (Å²) in [6, 6.07) is 11.4. The molecule has 1 aliphatic carbocycles. The highest BCUT2D eigenvalue weighted by molar-refractivity contribution is 5.14. The lowest BCUT2D eigenvalue weighted by Gasteiger charge is -2.13.